The van der Waals surface area contributed by atoms with Gasteiger partial charge in [0.1, 0.15) is 0 Å². The van der Waals surface area contributed by atoms with Crippen molar-refractivity contribution in [2.45, 2.75) is 18.7 Å². The van der Waals surface area contributed by atoms with Crippen LogP contribution in [0.4, 0.5) is 13.2 Å². The van der Waals surface area contributed by atoms with Crippen molar-refractivity contribution in [1.82, 2.24) is 0 Å². The highest BCUT2D eigenvalue weighted by molar-refractivity contribution is 6.00. The van der Waals surface area contributed by atoms with Crippen molar-refractivity contribution in [1.29, 1.82) is 0 Å². The molecule has 0 spiro atoms. The van der Waals surface area contributed by atoms with Crippen molar-refractivity contribution in [2.75, 3.05) is 0 Å². The minimum atomic E-state index is -4.39. The molecule has 0 aromatic heterocycles. The summed E-state index contributed by atoms with van der Waals surface area (Å²) < 4.78 is 41.5. The van der Waals surface area contributed by atoms with Gasteiger partial charge in [-0.2, -0.15) is 13.2 Å². The average Bonchev–Trinajstić information content (AvgIpc) is 2.60. The van der Waals surface area contributed by atoms with Crippen molar-refractivity contribution in [2.24, 2.45) is 0 Å². The molecule has 0 bridgehead atoms. The molecule has 0 saturated carbocycles. The van der Waals surface area contributed by atoms with E-state index in [0.29, 0.717) is 5.56 Å². The Kier molecular flexibility index (Phi) is 2.92. The Morgan fingerprint density at radius 1 is 1.18 bits per heavy atom. The molecule has 0 aliphatic carbocycles. The van der Waals surface area contributed by atoms with Crippen LogP contribution in [-0.4, -0.2) is 12.0 Å². The van der Waals surface area contributed by atoms with Crippen molar-refractivity contribution < 1.29 is 22.7 Å². The summed E-state index contributed by atoms with van der Waals surface area (Å²) in [6.45, 7) is 0. The molecule has 1 aromatic carbocycles. The number of carbonyl (C=O) groups is 1. The monoisotopic (exact) mass is 242 g/mol. The molecule has 1 aromatic rings. The molecule has 1 atom stereocenters. The predicted molar refractivity (Wildman–Crippen MR) is 54.0 cm³/mol. The van der Waals surface area contributed by atoms with Crippen molar-refractivity contribution in [3.63, 3.8) is 0 Å². The molecule has 1 unspecified atom stereocenters. The average molecular weight is 242 g/mol. The quantitative estimate of drug-likeness (QED) is 0.796. The number of ether oxygens (including phenoxy) is 1. The van der Waals surface area contributed by atoms with E-state index in [1.165, 1.54) is 0 Å². The second kappa shape index (κ2) is 4.24. The minimum Gasteiger partial charge on any atom is -0.485 e. The van der Waals surface area contributed by atoms with E-state index in [4.69, 9.17) is 4.74 Å². The highest BCUT2D eigenvalue weighted by atomic mass is 19.4. The Hall–Kier alpha value is -1.78. The van der Waals surface area contributed by atoms with Crippen LogP contribution in [0.3, 0.4) is 0 Å². The summed E-state index contributed by atoms with van der Waals surface area (Å²) in [5.74, 6) is -0.617. The molecule has 0 radical (unpaired) electrons. The number of halogens is 3. The summed E-state index contributed by atoms with van der Waals surface area (Å²) in [5.41, 5.74) is 0.234. The van der Waals surface area contributed by atoms with Gasteiger partial charge in [-0.3, -0.25) is 4.79 Å². The summed E-state index contributed by atoms with van der Waals surface area (Å²) in [5, 5.41) is 0. The minimum absolute atomic E-state index is 0.327. The summed E-state index contributed by atoms with van der Waals surface area (Å²) in [6.07, 6.45) is -5.66. The van der Waals surface area contributed by atoms with Crippen LogP contribution < -0.4 is 0 Å². The Morgan fingerprint density at radius 2 is 1.82 bits per heavy atom. The van der Waals surface area contributed by atoms with Gasteiger partial charge in [0.2, 0.25) is 5.78 Å². The van der Waals surface area contributed by atoms with Crippen LogP contribution in [0.25, 0.3) is 0 Å². The molecule has 1 aliphatic heterocycles. The maximum Gasteiger partial charge on any atom is 0.393 e. The summed E-state index contributed by atoms with van der Waals surface area (Å²) in [4.78, 5) is 11.7. The highest BCUT2D eigenvalue weighted by Crippen LogP contribution is 2.34. The topological polar surface area (TPSA) is 26.3 Å². The van der Waals surface area contributed by atoms with Crippen LogP contribution in [0, 0.1) is 0 Å². The fourth-order valence-corrected chi connectivity index (χ4v) is 1.64. The Balaban J connectivity index is 2.12. The number of ketones is 1. The van der Waals surface area contributed by atoms with Gasteiger partial charge in [0.15, 0.2) is 6.10 Å². The van der Waals surface area contributed by atoms with E-state index >= 15 is 0 Å². The van der Waals surface area contributed by atoms with Crippen LogP contribution in [-0.2, 0) is 9.53 Å². The smallest absolute Gasteiger partial charge is 0.393 e. The van der Waals surface area contributed by atoms with Gasteiger partial charge in [0, 0.05) is 11.1 Å². The van der Waals surface area contributed by atoms with Crippen LogP contribution in [0.2, 0.25) is 0 Å². The van der Waals surface area contributed by atoms with Crippen LogP contribution in [0.1, 0.15) is 18.1 Å². The van der Waals surface area contributed by atoms with E-state index in [1.54, 1.807) is 30.3 Å². The van der Waals surface area contributed by atoms with Gasteiger partial charge in [-0.05, 0) is 0 Å². The normalized spacial score (nSPS) is 20.1. The Morgan fingerprint density at radius 3 is 2.41 bits per heavy atom. The third-order valence-corrected chi connectivity index (χ3v) is 2.39. The number of Topliss-reactive ketones (excluding diaryl/α,β-unsaturated/α-hetero) is 1. The van der Waals surface area contributed by atoms with Crippen molar-refractivity contribution >= 4 is 5.78 Å². The number of hydrogen-bond acceptors (Lipinski definition) is 2. The highest BCUT2D eigenvalue weighted by Gasteiger charge is 2.38. The fourth-order valence-electron chi connectivity index (χ4n) is 1.64. The lowest BCUT2D eigenvalue weighted by atomic mass is 10.0. The lowest BCUT2D eigenvalue weighted by molar-refractivity contribution is -0.134. The van der Waals surface area contributed by atoms with Gasteiger partial charge in [0.05, 0.1) is 12.7 Å². The second-order valence-corrected chi connectivity index (χ2v) is 3.73. The third-order valence-electron chi connectivity index (χ3n) is 2.39. The molecule has 2 rings (SSSR count). The van der Waals surface area contributed by atoms with Crippen molar-refractivity contribution in [3.8, 4) is 0 Å². The predicted octanol–water partition coefficient (Wildman–Crippen LogP) is 3.16. The number of alkyl halides is 3. The third kappa shape index (κ3) is 2.67. The van der Waals surface area contributed by atoms with Crippen LogP contribution in [0.5, 0.6) is 0 Å². The van der Waals surface area contributed by atoms with Gasteiger partial charge in [0.25, 0.3) is 0 Å². The van der Waals surface area contributed by atoms with Gasteiger partial charge < -0.3 is 4.74 Å². The number of rotatable bonds is 2. The summed E-state index contributed by atoms with van der Waals surface area (Å²) in [6, 6.07) is 8.45. The summed E-state index contributed by atoms with van der Waals surface area (Å²) in [7, 11) is 0. The number of carbonyl (C=O) groups excluding carboxylic acids is 1. The molecular formula is C12H9F3O2. The lowest BCUT2D eigenvalue weighted by Crippen LogP contribution is -2.15. The first-order valence-electron chi connectivity index (χ1n) is 4.98. The van der Waals surface area contributed by atoms with Crippen molar-refractivity contribution in [3.05, 3.63) is 47.7 Å². The largest absolute Gasteiger partial charge is 0.485 e. The maximum atomic E-state index is 12.2. The standard InChI is InChI=1S/C12H9F3O2/c13-12(14,15)6-9-7-17-11(10(9)16)8-4-2-1-3-5-8/h1-5,7,11H,6H2. The first-order chi connectivity index (χ1) is 7.97. The van der Waals surface area contributed by atoms with Gasteiger partial charge in [-0.1, -0.05) is 30.3 Å². The van der Waals surface area contributed by atoms with E-state index in [-0.39, 0.29) is 5.57 Å². The molecule has 0 amide bonds. The molecule has 17 heavy (non-hydrogen) atoms. The molecule has 5 heteroatoms. The molecule has 2 nitrogen and oxygen atoms in total. The lowest BCUT2D eigenvalue weighted by Gasteiger charge is -2.09. The fraction of sp³-hybridized carbons (Fsp3) is 0.250. The van der Waals surface area contributed by atoms with E-state index in [0.717, 1.165) is 6.26 Å². The molecule has 0 fully saturated rings. The molecule has 0 N–H and O–H groups in total. The van der Waals surface area contributed by atoms with E-state index in [1.807, 2.05) is 0 Å². The van der Waals surface area contributed by atoms with E-state index < -0.39 is 24.5 Å². The molecule has 0 saturated heterocycles. The zero-order chi connectivity index (χ0) is 12.5. The van der Waals surface area contributed by atoms with E-state index in [9.17, 15) is 18.0 Å². The Labute approximate surface area is 95.7 Å². The Bertz CT molecular complexity index is 449. The van der Waals surface area contributed by atoms with Crippen LogP contribution >= 0.6 is 0 Å². The SMILES string of the molecule is O=C1C(CC(F)(F)F)=COC1c1ccccc1. The van der Waals surface area contributed by atoms with E-state index in [2.05, 4.69) is 0 Å². The summed E-state index contributed by atoms with van der Waals surface area (Å²) >= 11 is 0. The maximum absolute atomic E-state index is 12.2. The first kappa shape index (κ1) is 11.7. The molecule has 1 heterocycles. The van der Waals surface area contributed by atoms with Crippen LogP contribution in [0.15, 0.2) is 42.2 Å². The first-order valence-corrected chi connectivity index (χ1v) is 4.98. The molecule has 1 aliphatic rings. The molecule has 90 valence electrons. The van der Waals surface area contributed by atoms with Gasteiger partial charge in [-0.25, -0.2) is 0 Å². The number of hydrogen-bond donors (Lipinski definition) is 0. The second-order valence-electron chi connectivity index (χ2n) is 3.73. The zero-order valence-corrected chi connectivity index (χ0v) is 8.70. The number of benzene rings is 1. The zero-order valence-electron chi connectivity index (χ0n) is 8.70. The van der Waals surface area contributed by atoms with Gasteiger partial charge in [-0.15, -0.1) is 0 Å². The molecular weight excluding hydrogens is 233 g/mol. The van der Waals surface area contributed by atoms with Gasteiger partial charge >= 0.3 is 6.18 Å².